The zero-order valence-corrected chi connectivity index (χ0v) is 12.9. The Balaban J connectivity index is 1.63. The van der Waals surface area contributed by atoms with Crippen molar-refractivity contribution in [2.75, 3.05) is 0 Å². The number of imidazole rings is 1. The number of rotatable bonds is 4. The molecule has 2 aromatic carbocycles. The molecule has 1 aromatic heterocycles. The second kappa shape index (κ2) is 5.94. The smallest absolute Gasteiger partial charge is 0.247 e. The van der Waals surface area contributed by atoms with Crippen LogP contribution in [0.25, 0.3) is 5.69 Å². The van der Waals surface area contributed by atoms with Crippen LogP contribution in [-0.2, 0) is 4.79 Å². The molecule has 0 bridgehead atoms. The maximum absolute atomic E-state index is 12.0. The Labute approximate surface area is 139 Å². The van der Waals surface area contributed by atoms with Crippen LogP contribution in [0.2, 0.25) is 0 Å². The van der Waals surface area contributed by atoms with E-state index in [0.717, 1.165) is 16.8 Å². The minimum absolute atomic E-state index is 0.0800. The standard InChI is InChI=1S/C19H17N3O2/c23-19(21-24)18-16(13-4-2-1-3-5-13)17(18)14-6-8-15(9-7-14)22-11-10-20-12-22/h1-12,16-18,24H,(H,21,23). The Kier molecular flexibility index (Phi) is 3.63. The third-order valence-corrected chi connectivity index (χ3v) is 4.70. The zero-order chi connectivity index (χ0) is 16.5. The molecule has 1 fully saturated rings. The molecule has 1 amide bonds. The molecule has 1 aliphatic carbocycles. The van der Waals surface area contributed by atoms with Crippen molar-refractivity contribution in [3.8, 4) is 5.69 Å². The van der Waals surface area contributed by atoms with Crippen molar-refractivity contribution >= 4 is 5.91 Å². The van der Waals surface area contributed by atoms with Gasteiger partial charge in [0, 0.05) is 29.9 Å². The highest BCUT2D eigenvalue weighted by atomic mass is 16.5. The third kappa shape index (κ3) is 2.49. The molecule has 1 saturated carbocycles. The number of aromatic nitrogens is 2. The molecule has 3 atom stereocenters. The maximum Gasteiger partial charge on any atom is 0.247 e. The van der Waals surface area contributed by atoms with Crippen molar-refractivity contribution in [1.29, 1.82) is 0 Å². The summed E-state index contributed by atoms with van der Waals surface area (Å²) in [6.45, 7) is 0. The highest BCUT2D eigenvalue weighted by Gasteiger charge is 2.56. The number of hydrogen-bond acceptors (Lipinski definition) is 3. The first-order valence-corrected chi connectivity index (χ1v) is 7.87. The number of nitrogens with one attached hydrogen (secondary N) is 1. The van der Waals surface area contributed by atoms with Gasteiger partial charge in [-0.2, -0.15) is 0 Å². The van der Waals surface area contributed by atoms with E-state index >= 15 is 0 Å². The summed E-state index contributed by atoms with van der Waals surface area (Å²) in [5, 5.41) is 9.03. The predicted octanol–water partition coefficient (Wildman–Crippen LogP) is 2.87. The van der Waals surface area contributed by atoms with E-state index in [0.29, 0.717) is 0 Å². The van der Waals surface area contributed by atoms with Crippen LogP contribution in [0.1, 0.15) is 23.0 Å². The fourth-order valence-electron chi connectivity index (χ4n) is 3.50. The predicted molar refractivity (Wildman–Crippen MR) is 88.9 cm³/mol. The quantitative estimate of drug-likeness (QED) is 0.574. The Bertz CT molecular complexity index is 829. The van der Waals surface area contributed by atoms with Crippen LogP contribution in [0.5, 0.6) is 0 Å². The van der Waals surface area contributed by atoms with E-state index in [4.69, 9.17) is 5.21 Å². The van der Waals surface area contributed by atoms with E-state index < -0.39 is 0 Å². The van der Waals surface area contributed by atoms with Crippen LogP contribution in [0, 0.1) is 5.92 Å². The van der Waals surface area contributed by atoms with Gasteiger partial charge in [-0.05, 0) is 23.3 Å². The molecular weight excluding hydrogens is 302 g/mol. The van der Waals surface area contributed by atoms with Crippen molar-refractivity contribution in [3.05, 3.63) is 84.4 Å². The normalized spacial score (nSPS) is 22.1. The summed E-state index contributed by atoms with van der Waals surface area (Å²) < 4.78 is 1.93. The molecule has 0 spiro atoms. The Morgan fingerprint density at radius 2 is 1.67 bits per heavy atom. The molecule has 5 heteroatoms. The molecule has 0 saturated heterocycles. The highest BCUT2D eigenvalue weighted by molar-refractivity contribution is 5.84. The van der Waals surface area contributed by atoms with Gasteiger partial charge in [-0.3, -0.25) is 10.0 Å². The average Bonchev–Trinajstić information content (AvgIpc) is 3.15. The van der Waals surface area contributed by atoms with Gasteiger partial charge in [-0.1, -0.05) is 42.5 Å². The number of hydrogen-bond donors (Lipinski definition) is 2. The molecule has 120 valence electrons. The van der Waals surface area contributed by atoms with Gasteiger partial charge in [0.15, 0.2) is 0 Å². The Morgan fingerprint density at radius 3 is 2.25 bits per heavy atom. The molecule has 1 aliphatic rings. The first kappa shape index (κ1) is 14.7. The number of nitrogens with zero attached hydrogens (tertiary/aromatic N) is 2. The van der Waals surface area contributed by atoms with E-state index in [9.17, 15) is 4.79 Å². The van der Waals surface area contributed by atoms with Crippen LogP contribution in [0.4, 0.5) is 0 Å². The summed E-state index contributed by atoms with van der Waals surface area (Å²) in [6.07, 6.45) is 5.38. The first-order valence-electron chi connectivity index (χ1n) is 7.87. The van der Waals surface area contributed by atoms with Crippen molar-refractivity contribution in [2.24, 2.45) is 5.92 Å². The summed E-state index contributed by atoms with van der Waals surface area (Å²) in [4.78, 5) is 16.1. The zero-order valence-electron chi connectivity index (χ0n) is 12.9. The fourth-order valence-corrected chi connectivity index (χ4v) is 3.50. The maximum atomic E-state index is 12.0. The van der Waals surface area contributed by atoms with Crippen molar-refractivity contribution < 1.29 is 10.0 Å². The van der Waals surface area contributed by atoms with Gasteiger partial charge in [0.2, 0.25) is 5.91 Å². The SMILES string of the molecule is O=C(NO)C1C(c2ccccc2)C1c1ccc(-n2ccnc2)cc1. The van der Waals surface area contributed by atoms with E-state index in [1.165, 1.54) is 0 Å². The van der Waals surface area contributed by atoms with Gasteiger partial charge in [-0.15, -0.1) is 0 Å². The van der Waals surface area contributed by atoms with E-state index in [1.807, 2.05) is 70.8 Å². The van der Waals surface area contributed by atoms with Crippen LogP contribution in [-0.4, -0.2) is 20.7 Å². The van der Waals surface area contributed by atoms with Gasteiger partial charge < -0.3 is 4.57 Å². The lowest BCUT2D eigenvalue weighted by Crippen LogP contribution is -2.21. The molecule has 24 heavy (non-hydrogen) atoms. The monoisotopic (exact) mass is 319 g/mol. The lowest BCUT2D eigenvalue weighted by atomic mass is 10.0. The topological polar surface area (TPSA) is 67.2 Å². The first-order chi connectivity index (χ1) is 11.8. The molecule has 3 unspecified atom stereocenters. The van der Waals surface area contributed by atoms with Crippen molar-refractivity contribution in [1.82, 2.24) is 15.0 Å². The molecule has 4 rings (SSSR count). The van der Waals surface area contributed by atoms with Gasteiger partial charge in [0.05, 0.1) is 12.2 Å². The molecule has 3 aromatic rings. The average molecular weight is 319 g/mol. The molecule has 5 nitrogen and oxygen atoms in total. The number of carbonyl (C=O) groups is 1. The van der Waals surface area contributed by atoms with Crippen LogP contribution in [0.15, 0.2) is 73.3 Å². The molecule has 2 N–H and O–H groups in total. The largest absolute Gasteiger partial charge is 0.306 e. The number of hydroxylamine groups is 1. The van der Waals surface area contributed by atoms with Crippen LogP contribution < -0.4 is 5.48 Å². The van der Waals surface area contributed by atoms with E-state index in [1.54, 1.807) is 12.5 Å². The summed E-state index contributed by atoms with van der Waals surface area (Å²) in [6, 6.07) is 18.1. The minimum Gasteiger partial charge on any atom is -0.306 e. The molecule has 0 radical (unpaired) electrons. The van der Waals surface area contributed by atoms with Gasteiger partial charge in [0.1, 0.15) is 0 Å². The summed E-state index contributed by atoms with van der Waals surface area (Å²) in [7, 11) is 0. The number of amides is 1. The summed E-state index contributed by atoms with van der Waals surface area (Å²) in [5.41, 5.74) is 5.05. The Hall–Kier alpha value is -2.92. The molecule has 1 heterocycles. The lowest BCUT2D eigenvalue weighted by molar-refractivity contribution is -0.130. The van der Waals surface area contributed by atoms with Crippen molar-refractivity contribution in [2.45, 2.75) is 11.8 Å². The third-order valence-electron chi connectivity index (χ3n) is 4.70. The highest BCUT2D eigenvalue weighted by Crippen LogP contribution is 2.60. The summed E-state index contributed by atoms with van der Waals surface area (Å²) in [5.74, 6) is -0.391. The number of benzene rings is 2. The second-order valence-corrected chi connectivity index (χ2v) is 6.03. The van der Waals surface area contributed by atoms with Gasteiger partial charge in [0.25, 0.3) is 0 Å². The second-order valence-electron chi connectivity index (χ2n) is 6.03. The van der Waals surface area contributed by atoms with E-state index in [2.05, 4.69) is 4.98 Å². The van der Waals surface area contributed by atoms with Gasteiger partial charge >= 0.3 is 0 Å². The van der Waals surface area contributed by atoms with Crippen LogP contribution >= 0.6 is 0 Å². The Morgan fingerprint density at radius 1 is 1.00 bits per heavy atom. The minimum atomic E-state index is -0.326. The van der Waals surface area contributed by atoms with Crippen LogP contribution in [0.3, 0.4) is 0 Å². The van der Waals surface area contributed by atoms with Crippen molar-refractivity contribution in [3.63, 3.8) is 0 Å². The van der Waals surface area contributed by atoms with E-state index in [-0.39, 0.29) is 23.7 Å². The fraction of sp³-hybridized carbons (Fsp3) is 0.158. The number of carbonyl (C=O) groups excluding carboxylic acids is 1. The van der Waals surface area contributed by atoms with Gasteiger partial charge in [-0.25, -0.2) is 10.5 Å². The lowest BCUT2D eigenvalue weighted by Gasteiger charge is -2.05. The molecule has 0 aliphatic heterocycles. The summed E-state index contributed by atoms with van der Waals surface area (Å²) >= 11 is 0. The molecular formula is C19H17N3O2.